The topological polar surface area (TPSA) is 108 Å². The van der Waals surface area contributed by atoms with Crippen LogP contribution in [0.2, 0.25) is 0 Å². The Morgan fingerprint density at radius 1 is 0.562 bits per heavy atom. The summed E-state index contributed by atoms with van der Waals surface area (Å²) < 4.78 is 23.2. The number of nitrogens with zero attached hydrogens (tertiary/aromatic N) is 1. The van der Waals surface area contributed by atoms with Gasteiger partial charge < -0.3 is 28.8 Å². The Morgan fingerprint density at radius 2 is 0.953 bits per heavy atom. The second kappa shape index (κ2) is 45.1. The molecule has 0 aliphatic rings. The molecule has 3 atom stereocenters. The molecule has 0 rings (SSSR count). The van der Waals surface area contributed by atoms with E-state index in [1.165, 1.54) is 38.5 Å². The van der Waals surface area contributed by atoms with Gasteiger partial charge in [-0.15, -0.1) is 0 Å². The highest BCUT2D eigenvalue weighted by Crippen LogP contribution is 2.38. The molecule has 364 valence electrons. The lowest BCUT2D eigenvalue weighted by Gasteiger charge is -2.30. The molecule has 0 saturated carbocycles. The number of carbonyl (C=O) groups is 1. The fraction of sp³-hybridized carbons (Fsp3) is 0.618. The van der Waals surface area contributed by atoms with Gasteiger partial charge >= 0.3 is 0 Å². The van der Waals surface area contributed by atoms with Gasteiger partial charge in [0.25, 0.3) is 7.82 Å². The van der Waals surface area contributed by atoms with Gasteiger partial charge in [0.05, 0.1) is 39.9 Å². The number of rotatable bonds is 43. The lowest BCUT2D eigenvalue weighted by Crippen LogP contribution is -2.46. The molecule has 9 heteroatoms. The minimum atomic E-state index is -4.58. The molecule has 64 heavy (non-hydrogen) atoms. The van der Waals surface area contributed by atoms with Crippen molar-refractivity contribution in [3.05, 3.63) is 122 Å². The highest BCUT2D eigenvalue weighted by molar-refractivity contribution is 7.45. The van der Waals surface area contributed by atoms with Crippen LogP contribution in [0, 0.1) is 0 Å². The lowest BCUT2D eigenvalue weighted by atomic mass is 10.0. The molecule has 0 spiro atoms. The van der Waals surface area contributed by atoms with Gasteiger partial charge in [0.1, 0.15) is 13.2 Å². The van der Waals surface area contributed by atoms with Gasteiger partial charge in [-0.25, -0.2) is 0 Å². The number of quaternary nitrogens is 1. The van der Waals surface area contributed by atoms with Crippen LogP contribution in [0.1, 0.15) is 168 Å². The number of carbonyl (C=O) groups excluding carboxylic acids is 1. The van der Waals surface area contributed by atoms with E-state index in [4.69, 9.17) is 9.05 Å². The molecule has 3 unspecified atom stereocenters. The molecular weight excluding hydrogens is 816 g/mol. The van der Waals surface area contributed by atoms with Crippen LogP contribution < -0.4 is 10.2 Å². The molecule has 8 nitrogen and oxygen atoms in total. The number of aliphatic hydroxyl groups is 1. The van der Waals surface area contributed by atoms with E-state index in [-0.39, 0.29) is 19.1 Å². The zero-order valence-corrected chi connectivity index (χ0v) is 42.1. The van der Waals surface area contributed by atoms with Crippen LogP contribution in [-0.4, -0.2) is 68.5 Å². The van der Waals surface area contributed by atoms with Gasteiger partial charge in [0.2, 0.25) is 5.91 Å². The van der Waals surface area contributed by atoms with Crippen molar-refractivity contribution in [3.63, 3.8) is 0 Å². The van der Waals surface area contributed by atoms with E-state index < -0.39 is 20.0 Å². The Bertz CT molecular complexity index is 1450. The number of nitrogens with one attached hydrogen (secondary N) is 1. The first-order valence-corrected chi connectivity index (χ1v) is 26.3. The maximum Gasteiger partial charge on any atom is 0.268 e. The normalized spacial score (nSPS) is 15.2. The van der Waals surface area contributed by atoms with Gasteiger partial charge in [-0.3, -0.25) is 9.36 Å². The second-order valence-corrected chi connectivity index (χ2v) is 18.8. The Kier molecular flexibility index (Phi) is 42.9. The summed E-state index contributed by atoms with van der Waals surface area (Å²) in [5.41, 5.74) is 0. The van der Waals surface area contributed by atoms with Crippen LogP contribution in [0.25, 0.3) is 0 Å². The SMILES string of the molecule is CC/C=C\C/C=C\C/C=C\C/C=C\C/C=C\C/C=C\C/C=C\C/C=C\C/C=C\C/C=C\CCCCC(=O)NC(COP(=O)([O-])OCC[N+](C)(C)C)C(O)CCCCCCCCCCC. The molecule has 0 saturated heterocycles. The quantitative estimate of drug-likeness (QED) is 0.0273. The van der Waals surface area contributed by atoms with Crippen molar-refractivity contribution in [2.24, 2.45) is 0 Å². The van der Waals surface area contributed by atoms with Crippen molar-refractivity contribution in [3.8, 4) is 0 Å². The van der Waals surface area contributed by atoms with E-state index >= 15 is 0 Å². The van der Waals surface area contributed by atoms with E-state index in [0.717, 1.165) is 96.3 Å². The van der Waals surface area contributed by atoms with E-state index in [1.807, 2.05) is 21.1 Å². The molecule has 0 bridgehead atoms. The van der Waals surface area contributed by atoms with Gasteiger partial charge in [0.15, 0.2) is 0 Å². The number of aliphatic hydroxyl groups excluding tert-OH is 1. The van der Waals surface area contributed by atoms with Crippen LogP contribution in [0.15, 0.2) is 122 Å². The Labute approximate surface area is 393 Å². The van der Waals surface area contributed by atoms with Crippen molar-refractivity contribution in [2.75, 3.05) is 40.9 Å². The first-order valence-electron chi connectivity index (χ1n) is 24.9. The predicted octanol–water partition coefficient (Wildman–Crippen LogP) is 14.0. The number of phosphoric acid groups is 1. The fourth-order valence-electron chi connectivity index (χ4n) is 6.30. The molecule has 0 radical (unpaired) electrons. The first kappa shape index (κ1) is 60.9. The number of phosphoric ester groups is 1. The lowest BCUT2D eigenvalue weighted by molar-refractivity contribution is -0.870. The van der Waals surface area contributed by atoms with Gasteiger partial charge in [-0.1, -0.05) is 193 Å². The van der Waals surface area contributed by atoms with Crippen LogP contribution >= 0.6 is 7.82 Å². The van der Waals surface area contributed by atoms with Crippen molar-refractivity contribution < 1.29 is 32.9 Å². The molecule has 0 heterocycles. The third kappa shape index (κ3) is 46.9. The van der Waals surface area contributed by atoms with Crippen molar-refractivity contribution in [2.45, 2.75) is 180 Å². The molecule has 0 aromatic carbocycles. The summed E-state index contributed by atoms with van der Waals surface area (Å²) in [7, 11) is 1.25. The molecule has 2 N–H and O–H groups in total. The third-order valence-corrected chi connectivity index (χ3v) is 11.2. The van der Waals surface area contributed by atoms with E-state index in [2.05, 4.69) is 141 Å². The van der Waals surface area contributed by atoms with Gasteiger partial charge in [-0.05, 0) is 89.9 Å². The molecular formula is C55H93N2O6P. The largest absolute Gasteiger partial charge is 0.756 e. The highest BCUT2D eigenvalue weighted by atomic mass is 31.2. The monoisotopic (exact) mass is 909 g/mol. The first-order chi connectivity index (χ1) is 31.0. The standard InChI is InChI=1S/C55H93N2O6P/c1-6-8-10-12-14-16-17-18-19-20-21-22-23-24-25-26-27-28-29-30-31-32-33-34-35-36-37-38-39-41-43-45-47-49-55(59)56-53(52-63-64(60,61)62-51-50-57(3,4)5)54(58)48-46-44-42-40-15-13-11-9-7-2/h8,10,14,16,18-19,21-22,24-25,27-28,30-31,33-34,36-37,39,41,53-54,58H,6-7,9,11-13,15,17,20,23,26,29,32,35,38,40,42-52H2,1-5H3,(H-,56,59,60,61)/b10-8-,16-14-,19-18-,22-21-,25-24-,28-27-,31-30-,34-33-,37-36-,41-39-. The van der Waals surface area contributed by atoms with Crippen molar-refractivity contribution in [1.82, 2.24) is 5.32 Å². The summed E-state index contributed by atoms with van der Waals surface area (Å²) in [6, 6.07) is -0.831. The summed E-state index contributed by atoms with van der Waals surface area (Å²) in [5.74, 6) is -0.216. The summed E-state index contributed by atoms with van der Waals surface area (Å²) in [4.78, 5) is 25.3. The summed E-state index contributed by atoms with van der Waals surface area (Å²) in [6.45, 7) is 4.51. The Hall–Kier alpha value is -3.10. The average Bonchev–Trinajstić information content (AvgIpc) is 3.25. The van der Waals surface area contributed by atoms with E-state index in [1.54, 1.807) is 0 Å². The zero-order valence-electron chi connectivity index (χ0n) is 41.2. The van der Waals surface area contributed by atoms with E-state index in [0.29, 0.717) is 30.3 Å². The zero-order chi connectivity index (χ0) is 47.1. The predicted molar refractivity (Wildman–Crippen MR) is 274 cm³/mol. The second-order valence-electron chi connectivity index (χ2n) is 17.4. The number of hydrogen-bond donors (Lipinski definition) is 2. The molecule has 0 fully saturated rings. The van der Waals surface area contributed by atoms with Gasteiger partial charge in [0, 0.05) is 6.42 Å². The number of unbranched alkanes of at least 4 members (excludes halogenated alkanes) is 10. The minimum absolute atomic E-state index is 0.00385. The maximum absolute atomic E-state index is 12.9. The van der Waals surface area contributed by atoms with Crippen LogP contribution in [0.4, 0.5) is 0 Å². The molecule has 0 aliphatic carbocycles. The molecule has 0 aromatic heterocycles. The maximum atomic E-state index is 12.9. The van der Waals surface area contributed by atoms with Crippen LogP contribution in [-0.2, 0) is 18.4 Å². The number of allylic oxidation sites excluding steroid dienone is 20. The Morgan fingerprint density at radius 3 is 1.36 bits per heavy atom. The van der Waals surface area contributed by atoms with Crippen molar-refractivity contribution >= 4 is 13.7 Å². The molecule has 1 amide bonds. The summed E-state index contributed by atoms with van der Waals surface area (Å²) in [5, 5.41) is 13.8. The smallest absolute Gasteiger partial charge is 0.268 e. The Balaban J connectivity index is 4.25. The van der Waals surface area contributed by atoms with Crippen molar-refractivity contribution in [1.29, 1.82) is 0 Å². The fourth-order valence-corrected chi connectivity index (χ4v) is 7.02. The molecule has 0 aromatic rings. The van der Waals surface area contributed by atoms with E-state index in [9.17, 15) is 19.4 Å². The molecule has 0 aliphatic heterocycles. The summed E-state index contributed by atoms with van der Waals surface area (Å²) in [6.07, 6.45) is 66.6. The minimum Gasteiger partial charge on any atom is -0.756 e. The summed E-state index contributed by atoms with van der Waals surface area (Å²) >= 11 is 0. The third-order valence-electron chi connectivity index (χ3n) is 10.2. The number of hydrogen-bond acceptors (Lipinski definition) is 6. The highest BCUT2D eigenvalue weighted by Gasteiger charge is 2.24. The number of amides is 1. The van der Waals surface area contributed by atoms with Crippen LogP contribution in [0.5, 0.6) is 0 Å². The van der Waals surface area contributed by atoms with Crippen LogP contribution in [0.3, 0.4) is 0 Å². The number of likely N-dealkylation sites (N-methyl/N-ethyl adjacent to an activating group) is 1. The van der Waals surface area contributed by atoms with Gasteiger partial charge in [-0.2, -0.15) is 0 Å². The average molecular weight is 909 g/mol.